The van der Waals surface area contributed by atoms with Crippen LogP contribution in [0.15, 0.2) is 30.3 Å². The zero-order chi connectivity index (χ0) is 19.4. The lowest BCUT2D eigenvalue weighted by atomic mass is 9.96. The zero-order valence-corrected chi connectivity index (χ0v) is 14.7. The predicted molar refractivity (Wildman–Crippen MR) is 86.7 cm³/mol. The van der Waals surface area contributed by atoms with Gasteiger partial charge in [-0.1, -0.05) is 30.3 Å². The van der Waals surface area contributed by atoms with Crippen LogP contribution in [0.5, 0.6) is 0 Å². The van der Waals surface area contributed by atoms with Crippen LogP contribution < -0.4 is 0 Å². The van der Waals surface area contributed by atoms with Gasteiger partial charge < -0.3 is 9.84 Å². The van der Waals surface area contributed by atoms with Gasteiger partial charge in [-0.25, -0.2) is 12.7 Å². The number of aliphatic carboxylic acids is 1. The number of carboxylic acids is 1. The number of ether oxygens (including phenoxy) is 1. The Balaban J connectivity index is 1.84. The SMILES string of the molecule is O=C(O)[C@@H]1CN(S(=O)(=O)CCCOCc2ccccc2)C[C@H]1C(F)(F)F. The van der Waals surface area contributed by atoms with Crippen LogP contribution in [-0.2, 0) is 26.2 Å². The van der Waals surface area contributed by atoms with Gasteiger partial charge in [0.15, 0.2) is 0 Å². The van der Waals surface area contributed by atoms with Gasteiger partial charge in [-0.3, -0.25) is 4.79 Å². The first kappa shape index (κ1) is 20.7. The Kier molecular flexibility index (Phi) is 6.64. The van der Waals surface area contributed by atoms with E-state index < -0.39 is 52.8 Å². The Morgan fingerprint density at radius 2 is 1.88 bits per heavy atom. The van der Waals surface area contributed by atoms with Crippen molar-refractivity contribution in [3.63, 3.8) is 0 Å². The third kappa shape index (κ3) is 5.42. The highest BCUT2D eigenvalue weighted by atomic mass is 32.2. The van der Waals surface area contributed by atoms with Crippen LogP contribution in [0.2, 0.25) is 0 Å². The van der Waals surface area contributed by atoms with E-state index >= 15 is 0 Å². The van der Waals surface area contributed by atoms with Crippen molar-refractivity contribution in [2.75, 3.05) is 25.4 Å². The maximum absolute atomic E-state index is 12.9. The van der Waals surface area contributed by atoms with E-state index in [4.69, 9.17) is 9.84 Å². The van der Waals surface area contributed by atoms with E-state index in [1.54, 1.807) is 0 Å². The van der Waals surface area contributed by atoms with Gasteiger partial charge in [0.25, 0.3) is 0 Å². The fourth-order valence-corrected chi connectivity index (χ4v) is 4.33. The van der Waals surface area contributed by atoms with Gasteiger partial charge in [0, 0.05) is 19.7 Å². The van der Waals surface area contributed by atoms with Crippen molar-refractivity contribution in [2.45, 2.75) is 19.2 Å². The topological polar surface area (TPSA) is 83.9 Å². The molecule has 146 valence electrons. The molecule has 0 amide bonds. The summed E-state index contributed by atoms with van der Waals surface area (Å²) in [7, 11) is -3.97. The average Bonchev–Trinajstić information content (AvgIpc) is 3.02. The molecule has 1 N–H and O–H groups in total. The summed E-state index contributed by atoms with van der Waals surface area (Å²) in [5.74, 6) is -6.00. The largest absolute Gasteiger partial charge is 0.481 e. The molecule has 0 bridgehead atoms. The molecule has 0 unspecified atom stereocenters. The van der Waals surface area contributed by atoms with Gasteiger partial charge in [-0.15, -0.1) is 0 Å². The molecule has 0 aliphatic carbocycles. The Morgan fingerprint density at radius 3 is 2.42 bits per heavy atom. The predicted octanol–water partition coefficient (Wildman–Crippen LogP) is 2.12. The number of sulfonamides is 1. The van der Waals surface area contributed by atoms with Gasteiger partial charge in [0.05, 0.1) is 24.2 Å². The van der Waals surface area contributed by atoms with Crippen LogP contribution in [0.3, 0.4) is 0 Å². The molecule has 0 spiro atoms. The minimum atomic E-state index is -4.76. The average molecular weight is 395 g/mol. The van der Waals surface area contributed by atoms with Crippen LogP contribution in [0.25, 0.3) is 0 Å². The fraction of sp³-hybridized carbons (Fsp3) is 0.562. The summed E-state index contributed by atoms with van der Waals surface area (Å²) in [6, 6.07) is 9.23. The molecule has 1 saturated heterocycles. The molecule has 10 heteroatoms. The van der Waals surface area contributed by atoms with Crippen LogP contribution in [0.4, 0.5) is 13.2 Å². The molecule has 2 rings (SSSR count). The van der Waals surface area contributed by atoms with Crippen molar-refractivity contribution < 1.29 is 36.2 Å². The molecule has 1 aromatic carbocycles. The first-order valence-electron chi connectivity index (χ1n) is 8.00. The van der Waals surface area contributed by atoms with Crippen molar-refractivity contribution in [3.05, 3.63) is 35.9 Å². The van der Waals surface area contributed by atoms with E-state index in [9.17, 15) is 26.4 Å². The van der Waals surface area contributed by atoms with Crippen molar-refractivity contribution in [2.24, 2.45) is 11.8 Å². The fourth-order valence-electron chi connectivity index (χ4n) is 2.81. The number of nitrogens with zero attached hydrogens (tertiary/aromatic N) is 1. The molecule has 0 aromatic heterocycles. The maximum atomic E-state index is 12.9. The van der Waals surface area contributed by atoms with E-state index in [2.05, 4.69) is 0 Å². The Labute approximate surface area is 149 Å². The molecule has 1 aromatic rings. The van der Waals surface area contributed by atoms with E-state index in [1.165, 1.54) is 0 Å². The molecule has 0 radical (unpaired) electrons. The van der Waals surface area contributed by atoms with Crippen LogP contribution in [0.1, 0.15) is 12.0 Å². The van der Waals surface area contributed by atoms with Crippen molar-refractivity contribution in [1.29, 1.82) is 0 Å². The highest BCUT2D eigenvalue weighted by Gasteiger charge is 2.54. The van der Waals surface area contributed by atoms with Crippen molar-refractivity contribution in [3.8, 4) is 0 Å². The number of rotatable bonds is 8. The standard InChI is InChI=1S/C16H20F3NO5S/c17-16(18,19)14-10-20(9-13(14)15(21)22)26(23,24)8-4-7-25-11-12-5-2-1-3-6-12/h1-3,5-6,13-14H,4,7-11H2,(H,21,22)/t13-,14-/m1/s1. The molecule has 6 nitrogen and oxygen atoms in total. The lowest BCUT2D eigenvalue weighted by Crippen LogP contribution is -2.34. The number of halogens is 3. The Bertz CT molecular complexity index is 708. The van der Waals surface area contributed by atoms with E-state index in [1.807, 2.05) is 30.3 Å². The molecular formula is C16H20F3NO5S. The molecule has 26 heavy (non-hydrogen) atoms. The molecule has 0 saturated carbocycles. The normalized spacial score (nSPS) is 21.8. The van der Waals surface area contributed by atoms with Crippen LogP contribution in [0, 0.1) is 11.8 Å². The summed E-state index contributed by atoms with van der Waals surface area (Å²) < 4.78 is 69.2. The van der Waals surface area contributed by atoms with Gasteiger partial charge in [-0.2, -0.15) is 13.2 Å². The van der Waals surface area contributed by atoms with Crippen LogP contribution >= 0.6 is 0 Å². The third-order valence-corrected chi connectivity index (χ3v) is 6.11. The molecule has 1 aliphatic rings. The van der Waals surface area contributed by atoms with Crippen molar-refractivity contribution >= 4 is 16.0 Å². The third-order valence-electron chi connectivity index (χ3n) is 4.22. The smallest absolute Gasteiger partial charge is 0.393 e. The first-order valence-corrected chi connectivity index (χ1v) is 9.61. The van der Waals surface area contributed by atoms with Gasteiger partial charge >= 0.3 is 12.1 Å². The maximum Gasteiger partial charge on any atom is 0.393 e. The van der Waals surface area contributed by atoms with E-state index in [-0.39, 0.29) is 13.0 Å². The highest BCUT2D eigenvalue weighted by Crippen LogP contribution is 2.38. The number of alkyl halides is 3. The molecule has 2 atom stereocenters. The minimum Gasteiger partial charge on any atom is -0.481 e. The Morgan fingerprint density at radius 1 is 1.23 bits per heavy atom. The summed E-state index contributed by atoms with van der Waals surface area (Å²) >= 11 is 0. The number of hydrogen-bond acceptors (Lipinski definition) is 4. The molecule has 1 aliphatic heterocycles. The summed E-state index contributed by atoms with van der Waals surface area (Å²) in [5, 5.41) is 8.94. The molecule has 1 heterocycles. The number of carbonyl (C=O) groups is 1. The summed E-state index contributed by atoms with van der Waals surface area (Å²) in [4.78, 5) is 11.0. The molecule has 1 fully saturated rings. The lowest BCUT2D eigenvalue weighted by molar-refractivity contribution is -0.187. The minimum absolute atomic E-state index is 0.111. The second kappa shape index (κ2) is 8.36. The van der Waals surface area contributed by atoms with Gasteiger partial charge in [0.2, 0.25) is 10.0 Å². The first-order chi connectivity index (χ1) is 12.1. The van der Waals surface area contributed by atoms with E-state index in [0.29, 0.717) is 10.9 Å². The van der Waals surface area contributed by atoms with Gasteiger partial charge in [-0.05, 0) is 12.0 Å². The second-order valence-corrected chi connectivity index (χ2v) is 8.21. The molecular weight excluding hydrogens is 375 g/mol. The highest BCUT2D eigenvalue weighted by molar-refractivity contribution is 7.89. The number of hydrogen-bond donors (Lipinski definition) is 1. The summed E-state index contributed by atoms with van der Waals surface area (Å²) in [5.41, 5.74) is 0.923. The van der Waals surface area contributed by atoms with E-state index in [0.717, 1.165) is 5.56 Å². The number of benzene rings is 1. The monoisotopic (exact) mass is 395 g/mol. The van der Waals surface area contributed by atoms with Crippen LogP contribution in [-0.4, -0.2) is 55.4 Å². The lowest BCUT2D eigenvalue weighted by Gasteiger charge is -2.18. The van der Waals surface area contributed by atoms with Crippen molar-refractivity contribution in [1.82, 2.24) is 4.31 Å². The zero-order valence-electron chi connectivity index (χ0n) is 13.9. The summed E-state index contributed by atoms with van der Waals surface area (Å²) in [6.45, 7) is -1.07. The Hall–Kier alpha value is -1.65. The summed E-state index contributed by atoms with van der Waals surface area (Å²) in [6.07, 6.45) is -4.65. The quantitative estimate of drug-likeness (QED) is 0.682. The van der Waals surface area contributed by atoms with Gasteiger partial charge in [0.1, 0.15) is 0 Å². The number of carboxylic acid groups (broad SMARTS) is 1. The second-order valence-electron chi connectivity index (χ2n) is 6.12.